The van der Waals surface area contributed by atoms with Crippen LogP contribution < -0.4 is 18.9 Å². The number of amides is 1. The number of benzene rings is 2. The van der Waals surface area contributed by atoms with Crippen molar-refractivity contribution in [2.75, 3.05) is 67.3 Å². The summed E-state index contributed by atoms with van der Waals surface area (Å²) in [4.78, 5) is 30.6. The van der Waals surface area contributed by atoms with Gasteiger partial charge in [-0.15, -0.1) is 0 Å². The predicted molar refractivity (Wildman–Crippen MR) is 145 cm³/mol. The van der Waals surface area contributed by atoms with E-state index in [4.69, 9.17) is 23.7 Å². The molecule has 2 aromatic carbocycles. The van der Waals surface area contributed by atoms with Crippen LogP contribution in [-0.2, 0) is 14.3 Å². The zero-order valence-electron chi connectivity index (χ0n) is 22.9. The van der Waals surface area contributed by atoms with Crippen LogP contribution in [0.25, 0.3) is 5.76 Å². The van der Waals surface area contributed by atoms with Crippen molar-refractivity contribution in [3.8, 4) is 23.0 Å². The minimum atomic E-state index is -0.875. The maximum atomic E-state index is 13.5. The highest BCUT2D eigenvalue weighted by molar-refractivity contribution is 6.46. The molecule has 2 aliphatic rings. The van der Waals surface area contributed by atoms with Crippen molar-refractivity contribution in [2.24, 2.45) is 0 Å². The Hall–Kier alpha value is -3.76. The van der Waals surface area contributed by atoms with Gasteiger partial charge in [-0.05, 0) is 36.2 Å². The van der Waals surface area contributed by atoms with E-state index in [0.29, 0.717) is 60.5 Å². The molecule has 2 aliphatic heterocycles. The van der Waals surface area contributed by atoms with Gasteiger partial charge in [-0.3, -0.25) is 14.5 Å². The number of hydrogen-bond donors (Lipinski definition) is 1. The van der Waals surface area contributed by atoms with E-state index in [-0.39, 0.29) is 17.9 Å². The predicted octanol–water partition coefficient (Wildman–Crippen LogP) is 3.26. The van der Waals surface area contributed by atoms with E-state index in [0.717, 1.165) is 19.5 Å². The van der Waals surface area contributed by atoms with Crippen molar-refractivity contribution >= 4 is 17.4 Å². The molecule has 0 bridgehead atoms. The molecule has 2 heterocycles. The summed E-state index contributed by atoms with van der Waals surface area (Å²) in [5, 5.41) is 11.5. The maximum absolute atomic E-state index is 13.5. The van der Waals surface area contributed by atoms with Crippen LogP contribution >= 0.6 is 0 Å². The van der Waals surface area contributed by atoms with Crippen LogP contribution in [0.5, 0.6) is 23.0 Å². The Morgan fingerprint density at radius 2 is 1.69 bits per heavy atom. The maximum Gasteiger partial charge on any atom is 0.295 e. The SMILES string of the molecule is CCCOc1cccc(C(O)=C2C(=O)C(=O)N(CCN3CCOCC3)C2c2cc(OC)c(OC)c(OC)c2)c1. The summed E-state index contributed by atoms with van der Waals surface area (Å²) in [5.74, 6) is -0.0132. The smallest absolute Gasteiger partial charge is 0.295 e. The number of morpholine rings is 1. The van der Waals surface area contributed by atoms with E-state index in [2.05, 4.69) is 4.90 Å². The molecule has 0 aromatic heterocycles. The van der Waals surface area contributed by atoms with Gasteiger partial charge in [0.2, 0.25) is 5.75 Å². The number of ether oxygens (including phenoxy) is 5. The molecule has 0 aliphatic carbocycles. The fourth-order valence-electron chi connectivity index (χ4n) is 4.90. The monoisotopic (exact) mass is 540 g/mol. The number of hydrogen-bond acceptors (Lipinski definition) is 9. The number of likely N-dealkylation sites (tertiary alicyclic amines) is 1. The van der Waals surface area contributed by atoms with E-state index < -0.39 is 17.7 Å². The number of rotatable bonds is 11. The molecule has 4 rings (SSSR count). The highest BCUT2D eigenvalue weighted by Crippen LogP contribution is 2.45. The van der Waals surface area contributed by atoms with Crippen molar-refractivity contribution in [3.05, 3.63) is 53.1 Å². The number of nitrogens with zero attached hydrogens (tertiary/aromatic N) is 2. The zero-order chi connectivity index (χ0) is 27.9. The van der Waals surface area contributed by atoms with Gasteiger partial charge in [0, 0.05) is 31.7 Å². The summed E-state index contributed by atoms with van der Waals surface area (Å²) < 4.78 is 27.7. The second-order valence-corrected chi connectivity index (χ2v) is 9.28. The summed E-state index contributed by atoms with van der Waals surface area (Å²) in [7, 11) is 4.50. The fourth-order valence-corrected chi connectivity index (χ4v) is 4.90. The molecule has 1 atom stereocenters. The van der Waals surface area contributed by atoms with Crippen LogP contribution in [0.15, 0.2) is 42.0 Å². The molecule has 39 heavy (non-hydrogen) atoms. The summed E-state index contributed by atoms with van der Waals surface area (Å²) in [6, 6.07) is 9.40. The second-order valence-electron chi connectivity index (χ2n) is 9.28. The Balaban J connectivity index is 1.82. The van der Waals surface area contributed by atoms with Crippen molar-refractivity contribution < 1.29 is 38.4 Å². The van der Waals surface area contributed by atoms with Crippen molar-refractivity contribution in [3.63, 3.8) is 0 Å². The lowest BCUT2D eigenvalue weighted by Crippen LogP contribution is -2.42. The first-order chi connectivity index (χ1) is 18.9. The number of carbonyl (C=O) groups is 2. The zero-order valence-corrected chi connectivity index (χ0v) is 22.9. The number of ketones is 1. The molecule has 210 valence electrons. The van der Waals surface area contributed by atoms with E-state index in [1.165, 1.54) is 26.2 Å². The molecule has 1 unspecified atom stereocenters. The number of Topliss-reactive ketones (excluding diaryl/α,β-unsaturated/α-hetero) is 1. The first-order valence-electron chi connectivity index (χ1n) is 13.0. The standard InChI is InChI=1S/C29H36N2O8/c1-5-13-39-21-8-6-7-19(16-21)26(32)24-25(20-17-22(35-2)28(37-4)23(18-20)36-3)31(29(34)27(24)33)10-9-30-11-14-38-15-12-30/h6-8,16-18,25,32H,5,9-15H2,1-4H3. The highest BCUT2D eigenvalue weighted by Gasteiger charge is 2.46. The number of aliphatic hydroxyl groups excluding tert-OH is 1. The first-order valence-corrected chi connectivity index (χ1v) is 13.0. The Labute approximate surface area is 228 Å². The average molecular weight is 541 g/mol. The third kappa shape index (κ3) is 5.97. The van der Waals surface area contributed by atoms with E-state index in [9.17, 15) is 14.7 Å². The topological polar surface area (TPSA) is 107 Å². The van der Waals surface area contributed by atoms with Gasteiger partial charge in [0.1, 0.15) is 11.5 Å². The minimum absolute atomic E-state index is 0.0103. The molecule has 2 fully saturated rings. The molecule has 10 heteroatoms. The molecule has 0 saturated carbocycles. The van der Waals surface area contributed by atoms with Crippen LogP contribution in [0.2, 0.25) is 0 Å². The Kier molecular flexibility index (Phi) is 9.32. The third-order valence-corrected chi connectivity index (χ3v) is 6.88. The minimum Gasteiger partial charge on any atom is -0.507 e. The van der Waals surface area contributed by atoms with Crippen LogP contribution in [-0.4, -0.2) is 93.9 Å². The van der Waals surface area contributed by atoms with E-state index >= 15 is 0 Å². The van der Waals surface area contributed by atoms with Crippen LogP contribution in [0.1, 0.15) is 30.5 Å². The molecule has 2 aromatic rings. The second kappa shape index (κ2) is 12.9. The molecular weight excluding hydrogens is 504 g/mol. The molecule has 2 saturated heterocycles. The summed E-state index contributed by atoms with van der Waals surface area (Å²) in [5.41, 5.74) is 0.918. The molecular formula is C29H36N2O8. The van der Waals surface area contributed by atoms with Gasteiger partial charge < -0.3 is 33.7 Å². The Morgan fingerprint density at radius 3 is 2.31 bits per heavy atom. The third-order valence-electron chi connectivity index (χ3n) is 6.88. The average Bonchev–Trinajstić information content (AvgIpc) is 3.23. The Morgan fingerprint density at radius 1 is 1.00 bits per heavy atom. The lowest BCUT2D eigenvalue weighted by Gasteiger charge is -2.31. The fraction of sp³-hybridized carbons (Fsp3) is 0.448. The van der Waals surface area contributed by atoms with E-state index in [1.54, 1.807) is 36.4 Å². The number of carbonyl (C=O) groups excluding carboxylic acids is 2. The van der Waals surface area contributed by atoms with Gasteiger partial charge in [-0.25, -0.2) is 0 Å². The van der Waals surface area contributed by atoms with Gasteiger partial charge in [-0.1, -0.05) is 19.1 Å². The molecule has 1 N–H and O–H groups in total. The van der Waals surface area contributed by atoms with Crippen LogP contribution in [0.3, 0.4) is 0 Å². The molecule has 0 spiro atoms. The van der Waals surface area contributed by atoms with Gasteiger partial charge in [0.15, 0.2) is 11.5 Å². The first kappa shape index (κ1) is 28.3. The normalized spacial score (nSPS) is 19.3. The summed E-state index contributed by atoms with van der Waals surface area (Å²) in [6.07, 6.45) is 0.825. The molecule has 1 amide bonds. The quantitative estimate of drug-likeness (QED) is 0.261. The number of methoxy groups -OCH3 is 3. The van der Waals surface area contributed by atoms with Crippen molar-refractivity contribution in [1.82, 2.24) is 9.80 Å². The summed E-state index contributed by atoms with van der Waals surface area (Å²) >= 11 is 0. The molecule has 0 radical (unpaired) electrons. The molecule has 10 nitrogen and oxygen atoms in total. The van der Waals surface area contributed by atoms with Gasteiger partial charge >= 0.3 is 0 Å². The van der Waals surface area contributed by atoms with Crippen LogP contribution in [0.4, 0.5) is 0 Å². The largest absolute Gasteiger partial charge is 0.507 e. The lowest BCUT2D eigenvalue weighted by atomic mass is 9.94. The highest BCUT2D eigenvalue weighted by atomic mass is 16.5. The summed E-state index contributed by atoms with van der Waals surface area (Å²) in [6.45, 7) is 6.06. The van der Waals surface area contributed by atoms with Gasteiger partial charge in [0.25, 0.3) is 11.7 Å². The number of aliphatic hydroxyl groups is 1. The van der Waals surface area contributed by atoms with Crippen molar-refractivity contribution in [2.45, 2.75) is 19.4 Å². The van der Waals surface area contributed by atoms with E-state index in [1.807, 2.05) is 6.92 Å². The lowest BCUT2D eigenvalue weighted by molar-refractivity contribution is -0.140. The van der Waals surface area contributed by atoms with Gasteiger partial charge in [0.05, 0.1) is 52.8 Å². The van der Waals surface area contributed by atoms with Gasteiger partial charge in [-0.2, -0.15) is 0 Å². The van der Waals surface area contributed by atoms with Crippen molar-refractivity contribution in [1.29, 1.82) is 0 Å². The Bertz CT molecular complexity index is 1200. The van der Waals surface area contributed by atoms with Crippen LogP contribution in [0, 0.1) is 0 Å².